The monoisotopic (exact) mass is 240 g/mol. The van der Waals surface area contributed by atoms with Gasteiger partial charge in [0.25, 0.3) is 0 Å². The molecule has 0 aromatic heterocycles. The number of hydrogen-bond donors (Lipinski definition) is 1. The Morgan fingerprint density at radius 3 is 2.65 bits per heavy atom. The van der Waals surface area contributed by atoms with E-state index < -0.39 is 23.5 Å². The zero-order valence-electron chi connectivity index (χ0n) is 10.5. The first-order chi connectivity index (χ1) is 7.94. The number of carboxylic acid groups (broad SMARTS) is 1. The molecule has 4 heteroatoms. The van der Waals surface area contributed by atoms with Crippen molar-refractivity contribution in [3.8, 4) is 0 Å². The highest BCUT2D eigenvalue weighted by Gasteiger charge is 2.54. The molecule has 1 aliphatic heterocycles. The molecule has 1 rings (SSSR count). The van der Waals surface area contributed by atoms with Gasteiger partial charge in [-0.2, -0.15) is 0 Å². The Hall–Kier alpha value is -1.32. The predicted octanol–water partition coefficient (Wildman–Crippen LogP) is 2.53. The molecular weight excluding hydrogens is 220 g/mol. The molecule has 0 radical (unpaired) electrons. The zero-order valence-corrected chi connectivity index (χ0v) is 10.5. The lowest BCUT2D eigenvalue weighted by molar-refractivity contribution is -0.151. The summed E-state index contributed by atoms with van der Waals surface area (Å²) in [6.45, 7) is 7.18. The maximum absolute atomic E-state index is 11.4. The van der Waals surface area contributed by atoms with Crippen molar-refractivity contribution in [2.75, 3.05) is 0 Å². The number of unbranched alkanes of at least 4 members (excludes halogenated alkanes) is 3. The van der Waals surface area contributed by atoms with Crippen LogP contribution in [-0.4, -0.2) is 23.1 Å². The Labute approximate surface area is 102 Å². The fourth-order valence-corrected chi connectivity index (χ4v) is 2.10. The van der Waals surface area contributed by atoms with E-state index in [1.165, 1.54) is 6.92 Å². The van der Waals surface area contributed by atoms with Crippen molar-refractivity contribution in [2.24, 2.45) is 5.41 Å². The van der Waals surface area contributed by atoms with Crippen LogP contribution in [0.2, 0.25) is 0 Å². The van der Waals surface area contributed by atoms with Gasteiger partial charge >= 0.3 is 11.9 Å². The molecule has 0 aromatic carbocycles. The van der Waals surface area contributed by atoms with E-state index in [9.17, 15) is 14.7 Å². The number of ether oxygens (including phenoxy) is 1. The average molecular weight is 240 g/mol. The molecule has 1 fully saturated rings. The molecule has 1 saturated heterocycles. The highest BCUT2D eigenvalue weighted by atomic mass is 16.6. The van der Waals surface area contributed by atoms with Crippen LogP contribution < -0.4 is 0 Å². The molecule has 4 nitrogen and oxygen atoms in total. The molecule has 0 bridgehead atoms. The summed E-state index contributed by atoms with van der Waals surface area (Å²) in [7, 11) is 0. The second-order valence-corrected chi connectivity index (χ2v) is 4.73. The maximum atomic E-state index is 11.4. The second kappa shape index (κ2) is 5.34. The topological polar surface area (TPSA) is 63.6 Å². The molecule has 0 spiro atoms. The van der Waals surface area contributed by atoms with E-state index in [-0.39, 0.29) is 5.57 Å². The summed E-state index contributed by atoms with van der Waals surface area (Å²) in [5, 5.41) is 9.24. The van der Waals surface area contributed by atoms with E-state index in [2.05, 4.69) is 13.5 Å². The van der Waals surface area contributed by atoms with Gasteiger partial charge in [0.1, 0.15) is 11.5 Å². The number of carboxylic acids is 1. The van der Waals surface area contributed by atoms with E-state index in [4.69, 9.17) is 4.74 Å². The van der Waals surface area contributed by atoms with Crippen LogP contribution in [0.5, 0.6) is 0 Å². The van der Waals surface area contributed by atoms with Crippen LogP contribution in [0, 0.1) is 5.41 Å². The van der Waals surface area contributed by atoms with E-state index in [0.29, 0.717) is 6.42 Å². The first kappa shape index (κ1) is 13.7. The van der Waals surface area contributed by atoms with Gasteiger partial charge in [-0.3, -0.25) is 4.79 Å². The van der Waals surface area contributed by atoms with Crippen molar-refractivity contribution in [1.82, 2.24) is 0 Å². The van der Waals surface area contributed by atoms with Crippen molar-refractivity contribution in [1.29, 1.82) is 0 Å². The van der Waals surface area contributed by atoms with Crippen LogP contribution in [0.1, 0.15) is 46.0 Å². The quantitative estimate of drug-likeness (QED) is 0.440. The van der Waals surface area contributed by atoms with Gasteiger partial charge in [-0.25, -0.2) is 4.79 Å². The van der Waals surface area contributed by atoms with Crippen LogP contribution in [0.15, 0.2) is 12.2 Å². The van der Waals surface area contributed by atoms with E-state index in [1.54, 1.807) is 0 Å². The van der Waals surface area contributed by atoms with Crippen molar-refractivity contribution >= 4 is 11.9 Å². The van der Waals surface area contributed by atoms with Gasteiger partial charge in [0.2, 0.25) is 0 Å². The molecule has 17 heavy (non-hydrogen) atoms. The van der Waals surface area contributed by atoms with Gasteiger partial charge in [-0.05, 0) is 19.8 Å². The van der Waals surface area contributed by atoms with Crippen LogP contribution in [0.4, 0.5) is 0 Å². The normalized spacial score (nSPS) is 28.2. The lowest BCUT2D eigenvalue weighted by Crippen LogP contribution is -2.37. The number of hydrogen-bond acceptors (Lipinski definition) is 3. The van der Waals surface area contributed by atoms with Gasteiger partial charge in [0.05, 0.1) is 5.57 Å². The summed E-state index contributed by atoms with van der Waals surface area (Å²) in [6, 6.07) is 0. The number of carbonyl (C=O) groups excluding carboxylic acids is 1. The smallest absolute Gasteiger partial charge is 0.335 e. The van der Waals surface area contributed by atoms with Crippen molar-refractivity contribution in [3.63, 3.8) is 0 Å². The van der Waals surface area contributed by atoms with Crippen LogP contribution >= 0.6 is 0 Å². The minimum atomic E-state index is -1.26. The van der Waals surface area contributed by atoms with Gasteiger partial charge in [0.15, 0.2) is 0 Å². The Balaban J connectivity index is 2.67. The summed E-state index contributed by atoms with van der Waals surface area (Å²) in [5.74, 6) is -1.61. The van der Waals surface area contributed by atoms with E-state index in [1.807, 2.05) is 0 Å². The third-order valence-electron chi connectivity index (χ3n) is 3.53. The number of cyclic esters (lactones) is 1. The number of esters is 1. The summed E-state index contributed by atoms with van der Waals surface area (Å²) in [5.41, 5.74) is -1.20. The van der Waals surface area contributed by atoms with E-state index in [0.717, 1.165) is 25.7 Å². The summed E-state index contributed by atoms with van der Waals surface area (Å²) in [4.78, 5) is 22.7. The van der Waals surface area contributed by atoms with Gasteiger partial charge in [0, 0.05) is 0 Å². The highest BCUT2D eigenvalue weighted by molar-refractivity contribution is 6.00. The summed E-state index contributed by atoms with van der Waals surface area (Å²) < 4.78 is 5.11. The Bertz CT molecular complexity index is 334. The minimum Gasteiger partial charge on any atom is -0.480 e. The van der Waals surface area contributed by atoms with Crippen molar-refractivity contribution < 1.29 is 19.4 Å². The molecular formula is C13H20O4. The second-order valence-electron chi connectivity index (χ2n) is 4.73. The molecule has 2 atom stereocenters. The fourth-order valence-electron chi connectivity index (χ4n) is 2.10. The number of carbonyl (C=O) groups is 2. The number of rotatable bonds is 6. The fraction of sp³-hybridized carbons (Fsp3) is 0.692. The molecule has 0 aromatic rings. The minimum absolute atomic E-state index is 0.0606. The molecule has 1 N–H and O–H groups in total. The Morgan fingerprint density at radius 1 is 1.47 bits per heavy atom. The van der Waals surface area contributed by atoms with Gasteiger partial charge in [-0.15, -0.1) is 0 Å². The highest BCUT2D eigenvalue weighted by Crippen LogP contribution is 2.41. The molecule has 0 amide bonds. The molecule has 1 heterocycles. The summed E-state index contributed by atoms with van der Waals surface area (Å²) in [6.07, 6.45) is 4.16. The largest absolute Gasteiger partial charge is 0.480 e. The standard InChI is InChI=1S/C13H20O4/c1-4-5-6-7-8-10-13(3,12(15)16)9(2)11(14)17-10/h10H,2,4-8H2,1,3H3,(H,15,16). The average Bonchev–Trinajstić information content (AvgIpc) is 2.50. The SMILES string of the molecule is C=C1C(=O)OC(CCCCCC)C1(C)C(=O)O. The van der Waals surface area contributed by atoms with Crippen LogP contribution in [0.25, 0.3) is 0 Å². The molecule has 0 saturated carbocycles. The molecule has 1 aliphatic rings. The summed E-state index contributed by atoms with van der Waals surface area (Å²) >= 11 is 0. The van der Waals surface area contributed by atoms with E-state index >= 15 is 0 Å². The van der Waals surface area contributed by atoms with Crippen molar-refractivity contribution in [2.45, 2.75) is 52.1 Å². The van der Waals surface area contributed by atoms with Crippen LogP contribution in [-0.2, 0) is 14.3 Å². The third kappa shape index (κ3) is 2.51. The molecule has 96 valence electrons. The lowest BCUT2D eigenvalue weighted by Gasteiger charge is -2.24. The first-order valence-corrected chi connectivity index (χ1v) is 6.08. The third-order valence-corrected chi connectivity index (χ3v) is 3.53. The molecule has 2 unspecified atom stereocenters. The Kier molecular flexibility index (Phi) is 4.32. The van der Waals surface area contributed by atoms with Crippen molar-refractivity contribution in [3.05, 3.63) is 12.2 Å². The van der Waals surface area contributed by atoms with Gasteiger partial charge < -0.3 is 9.84 Å². The van der Waals surface area contributed by atoms with Gasteiger partial charge in [-0.1, -0.05) is 32.8 Å². The maximum Gasteiger partial charge on any atom is 0.335 e. The van der Waals surface area contributed by atoms with Crippen LogP contribution in [0.3, 0.4) is 0 Å². The number of aliphatic carboxylic acids is 1. The predicted molar refractivity (Wildman–Crippen MR) is 63.5 cm³/mol. The molecule has 0 aliphatic carbocycles. The lowest BCUT2D eigenvalue weighted by atomic mass is 9.78. The Morgan fingerprint density at radius 2 is 2.12 bits per heavy atom. The zero-order chi connectivity index (χ0) is 13.1. The first-order valence-electron chi connectivity index (χ1n) is 6.08.